The van der Waals surface area contributed by atoms with E-state index in [0.29, 0.717) is 0 Å². The first-order valence-electron chi connectivity index (χ1n) is 2.95. The molecule has 0 N–H and O–H groups in total. The van der Waals surface area contributed by atoms with Crippen LogP contribution in [0.25, 0.3) is 0 Å². The van der Waals surface area contributed by atoms with Gasteiger partial charge in [-0.15, -0.1) is 0 Å². The summed E-state index contributed by atoms with van der Waals surface area (Å²) in [6.45, 7) is 4.00. The summed E-state index contributed by atoms with van der Waals surface area (Å²) in [5, 5.41) is 0. The van der Waals surface area contributed by atoms with Crippen LogP contribution in [0.5, 0.6) is 0 Å². The summed E-state index contributed by atoms with van der Waals surface area (Å²) in [4.78, 5) is 3.84. The number of pyridine rings is 1. The highest BCUT2D eigenvalue weighted by atomic mass is 127. The van der Waals surface area contributed by atoms with Crippen molar-refractivity contribution in [2.75, 3.05) is 0 Å². The lowest BCUT2D eigenvalue weighted by atomic mass is 10.5. The van der Waals surface area contributed by atoms with Gasteiger partial charge in [0.25, 0.3) is 0 Å². The van der Waals surface area contributed by atoms with Gasteiger partial charge in [0.15, 0.2) is 0 Å². The lowest BCUT2D eigenvalue weighted by molar-refractivity contribution is 1.32. The minimum atomic E-state index is 1.23. The Morgan fingerprint density at radius 2 is 1.67 bits per heavy atom. The zero-order chi connectivity index (χ0) is 7.11. The van der Waals surface area contributed by atoms with E-state index in [1.807, 2.05) is 26.0 Å². The third-order valence-corrected chi connectivity index (χ3v) is 1.36. The summed E-state index contributed by atoms with van der Waals surface area (Å²) in [5.41, 5.74) is 0. The molecule has 50 valence electrons. The van der Waals surface area contributed by atoms with E-state index in [1.54, 1.807) is 12.4 Å². The van der Waals surface area contributed by atoms with Crippen LogP contribution >= 0.6 is 22.6 Å². The Morgan fingerprint density at radius 3 is 1.89 bits per heavy atom. The fourth-order valence-electron chi connectivity index (χ4n) is 0.334. The molecule has 0 aliphatic heterocycles. The van der Waals surface area contributed by atoms with Crippen molar-refractivity contribution in [1.29, 1.82) is 0 Å². The number of hydrogen-bond donors (Lipinski definition) is 0. The Morgan fingerprint density at radius 1 is 1.22 bits per heavy atom. The molecule has 0 aromatic carbocycles. The van der Waals surface area contributed by atoms with Crippen molar-refractivity contribution < 1.29 is 0 Å². The molecular weight excluding hydrogens is 225 g/mol. The highest BCUT2D eigenvalue weighted by Crippen LogP contribution is 1.97. The smallest absolute Gasteiger partial charge is 0.0278 e. The standard InChI is InChI=1S/C5H4IN.C2H6/c6-5-1-3-7-4-2-5;1-2/h1-4H;1-2H3. The van der Waals surface area contributed by atoms with Gasteiger partial charge in [-0.05, 0) is 34.7 Å². The average Bonchev–Trinajstić information content (AvgIpc) is 1.94. The van der Waals surface area contributed by atoms with Crippen molar-refractivity contribution in [1.82, 2.24) is 4.98 Å². The SMILES string of the molecule is CC.Ic1ccncc1. The Balaban J connectivity index is 0.000000291. The second-order valence-electron chi connectivity index (χ2n) is 1.17. The van der Waals surface area contributed by atoms with Crippen LogP contribution in [0.3, 0.4) is 0 Å². The highest BCUT2D eigenvalue weighted by molar-refractivity contribution is 14.1. The van der Waals surface area contributed by atoms with Gasteiger partial charge in [0, 0.05) is 16.0 Å². The molecule has 0 saturated heterocycles. The van der Waals surface area contributed by atoms with Crippen LogP contribution < -0.4 is 0 Å². The molecule has 1 rings (SSSR count). The molecule has 0 spiro atoms. The van der Waals surface area contributed by atoms with Crippen molar-refractivity contribution in [3.8, 4) is 0 Å². The van der Waals surface area contributed by atoms with E-state index in [4.69, 9.17) is 0 Å². The quantitative estimate of drug-likeness (QED) is 0.630. The lowest BCUT2D eigenvalue weighted by Crippen LogP contribution is -1.67. The van der Waals surface area contributed by atoms with E-state index in [-0.39, 0.29) is 0 Å². The monoisotopic (exact) mass is 235 g/mol. The van der Waals surface area contributed by atoms with Crippen molar-refractivity contribution in [3.05, 3.63) is 28.1 Å². The summed E-state index contributed by atoms with van der Waals surface area (Å²) in [5.74, 6) is 0. The Kier molecular flexibility index (Phi) is 5.93. The van der Waals surface area contributed by atoms with Gasteiger partial charge in [0.1, 0.15) is 0 Å². The number of aromatic nitrogens is 1. The first-order chi connectivity index (χ1) is 4.39. The van der Waals surface area contributed by atoms with Crippen LogP contribution in [0.15, 0.2) is 24.5 Å². The van der Waals surface area contributed by atoms with E-state index in [9.17, 15) is 0 Å². The minimum absolute atomic E-state index is 1.23. The molecule has 0 amide bonds. The summed E-state index contributed by atoms with van der Waals surface area (Å²) >= 11 is 2.24. The number of halogens is 1. The molecule has 9 heavy (non-hydrogen) atoms. The fraction of sp³-hybridized carbons (Fsp3) is 0.286. The first-order valence-corrected chi connectivity index (χ1v) is 4.03. The number of rotatable bonds is 0. The van der Waals surface area contributed by atoms with Crippen molar-refractivity contribution >= 4 is 22.6 Å². The predicted molar refractivity (Wildman–Crippen MR) is 48.3 cm³/mol. The molecular formula is C7H10IN. The van der Waals surface area contributed by atoms with Gasteiger partial charge >= 0.3 is 0 Å². The van der Waals surface area contributed by atoms with E-state index in [0.717, 1.165) is 0 Å². The normalized spacial score (nSPS) is 7.44. The molecule has 0 bridgehead atoms. The van der Waals surface area contributed by atoms with Gasteiger partial charge in [0.05, 0.1) is 0 Å². The molecule has 2 heteroatoms. The van der Waals surface area contributed by atoms with Crippen LogP contribution in [0, 0.1) is 3.57 Å². The maximum Gasteiger partial charge on any atom is 0.0278 e. The van der Waals surface area contributed by atoms with E-state index in [1.165, 1.54) is 3.57 Å². The maximum atomic E-state index is 3.84. The molecule has 1 aromatic rings. The van der Waals surface area contributed by atoms with E-state index < -0.39 is 0 Å². The molecule has 0 fully saturated rings. The van der Waals surface area contributed by atoms with Crippen LogP contribution in [-0.4, -0.2) is 4.98 Å². The topological polar surface area (TPSA) is 12.9 Å². The molecule has 0 aliphatic carbocycles. The van der Waals surface area contributed by atoms with Gasteiger partial charge in [-0.1, -0.05) is 13.8 Å². The minimum Gasteiger partial charge on any atom is -0.265 e. The zero-order valence-corrected chi connectivity index (χ0v) is 7.79. The van der Waals surface area contributed by atoms with Crippen LogP contribution in [0.2, 0.25) is 0 Å². The average molecular weight is 235 g/mol. The molecule has 1 nitrogen and oxygen atoms in total. The van der Waals surface area contributed by atoms with E-state index >= 15 is 0 Å². The molecule has 1 heterocycles. The number of hydrogen-bond acceptors (Lipinski definition) is 1. The zero-order valence-electron chi connectivity index (χ0n) is 5.63. The van der Waals surface area contributed by atoms with E-state index in [2.05, 4.69) is 27.6 Å². The molecule has 0 aliphatic rings. The number of nitrogens with zero attached hydrogens (tertiary/aromatic N) is 1. The molecule has 0 saturated carbocycles. The van der Waals surface area contributed by atoms with Gasteiger partial charge in [-0.3, -0.25) is 4.98 Å². The third kappa shape index (κ3) is 4.39. The summed E-state index contributed by atoms with van der Waals surface area (Å²) in [7, 11) is 0. The Labute approximate surface area is 69.6 Å². The molecule has 0 radical (unpaired) electrons. The Hall–Kier alpha value is -0.120. The van der Waals surface area contributed by atoms with Crippen LogP contribution in [0.4, 0.5) is 0 Å². The van der Waals surface area contributed by atoms with Gasteiger partial charge in [-0.25, -0.2) is 0 Å². The summed E-state index contributed by atoms with van der Waals surface area (Å²) in [6.07, 6.45) is 3.56. The molecule has 0 atom stereocenters. The first kappa shape index (κ1) is 8.88. The maximum absolute atomic E-state index is 3.84. The summed E-state index contributed by atoms with van der Waals surface area (Å²) < 4.78 is 1.23. The summed E-state index contributed by atoms with van der Waals surface area (Å²) in [6, 6.07) is 3.92. The van der Waals surface area contributed by atoms with Gasteiger partial charge in [-0.2, -0.15) is 0 Å². The second kappa shape index (κ2) is 6.01. The van der Waals surface area contributed by atoms with Crippen LogP contribution in [0.1, 0.15) is 13.8 Å². The van der Waals surface area contributed by atoms with Crippen molar-refractivity contribution in [3.63, 3.8) is 0 Å². The highest BCUT2D eigenvalue weighted by Gasteiger charge is 1.75. The fourth-order valence-corrected chi connectivity index (χ4v) is 0.655. The van der Waals surface area contributed by atoms with Gasteiger partial charge in [0.2, 0.25) is 0 Å². The largest absolute Gasteiger partial charge is 0.265 e. The van der Waals surface area contributed by atoms with Crippen LogP contribution in [-0.2, 0) is 0 Å². The molecule has 0 unspecified atom stereocenters. The lowest BCUT2D eigenvalue weighted by Gasteiger charge is -1.80. The molecule has 1 aromatic heterocycles. The van der Waals surface area contributed by atoms with Gasteiger partial charge < -0.3 is 0 Å². The Bertz CT molecular complexity index is 139. The van der Waals surface area contributed by atoms with Crippen molar-refractivity contribution in [2.24, 2.45) is 0 Å². The second-order valence-corrected chi connectivity index (χ2v) is 2.41. The van der Waals surface area contributed by atoms with Crippen molar-refractivity contribution in [2.45, 2.75) is 13.8 Å². The predicted octanol–water partition coefficient (Wildman–Crippen LogP) is 2.71. The third-order valence-electron chi connectivity index (χ3n) is 0.640.